The van der Waals surface area contributed by atoms with Gasteiger partial charge in [-0.2, -0.15) is 5.26 Å². The van der Waals surface area contributed by atoms with E-state index in [1.165, 1.54) is 5.56 Å². The number of hydrogen-bond donors (Lipinski definition) is 0. The van der Waals surface area contributed by atoms with Gasteiger partial charge in [0, 0.05) is 0 Å². The first-order valence-corrected chi connectivity index (χ1v) is 6.05. The van der Waals surface area contributed by atoms with E-state index in [9.17, 15) is 0 Å². The van der Waals surface area contributed by atoms with Gasteiger partial charge < -0.3 is 9.47 Å². The van der Waals surface area contributed by atoms with Crippen molar-refractivity contribution in [3.63, 3.8) is 0 Å². The van der Waals surface area contributed by atoms with Crippen LogP contribution >= 0.6 is 0 Å². The molecule has 2 unspecified atom stereocenters. The van der Waals surface area contributed by atoms with Crippen LogP contribution in [0.1, 0.15) is 24.8 Å². The summed E-state index contributed by atoms with van der Waals surface area (Å²) in [6, 6.07) is 12.2. The van der Waals surface area contributed by atoms with Gasteiger partial charge in [0.1, 0.15) is 6.10 Å². The normalized spacial score (nSPS) is 24.2. The molecule has 0 aromatic heterocycles. The molecule has 0 spiro atoms. The number of nitrogens with zero attached hydrogens (tertiary/aromatic N) is 1. The average Bonchev–Trinajstić information content (AvgIpc) is 2.40. The zero-order valence-corrected chi connectivity index (χ0v) is 9.84. The van der Waals surface area contributed by atoms with E-state index >= 15 is 0 Å². The third kappa shape index (κ3) is 3.85. The topological polar surface area (TPSA) is 42.2 Å². The highest BCUT2D eigenvalue weighted by atomic mass is 16.5. The number of hydrogen-bond acceptors (Lipinski definition) is 3. The summed E-state index contributed by atoms with van der Waals surface area (Å²) in [5.41, 5.74) is 1.17. The molecule has 90 valence electrons. The van der Waals surface area contributed by atoms with E-state index in [-0.39, 0.29) is 12.2 Å². The Hall–Kier alpha value is -1.37. The first-order valence-electron chi connectivity index (χ1n) is 6.05. The second-order valence-electron chi connectivity index (χ2n) is 4.31. The molecule has 0 radical (unpaired) electrons. The summed E-state index contributed by atoms with van der Waals surface area (Å²) < 4.78 is 11.2. The summed E-state index contributed by atoms with van der Waals surface area (Å²) in [7, 11) is 0. The van der Waals surface area contributed by atoms with Crippen LogP contribution in [-0.2, 0) is 16.1 Å². The summed E-state index contributed by atoms with van der Waals surface area (Å²) in [5, 5.41) is 8.80. The van der Waals surface area contributed by atoms with E-state index in [4.69, 9.17) is 14.7 Å². The monoisotopic (exact) mass is 231 g/mol. The van der Waals surface area contributed by atoms with Crippen molar-refractivity contribution < 1.29 is 9.47 Å². The lowest BCUT2D eigenvalue weighted by atomic mass is 10.1. The van der Waals surface area contributed by atoms with Gasteiger partial charge in [0.05, 0.1) is 25.4 Å². The first kappa shape index (κ1) is 12.1. The molecule has 1 fully saturated rings. The summed E-state index contributed by atoms with van der Waals surface area (Å²) >= 11 is 0. The number of ether oxygens (including phenoxy) is 2. The van der Waals surface area contributed by atoms with Gasteiger partial charge in [0.15, 0.2) is 0 Å². The Morgan fingerprint density at radius 1 is 1.29 bits per heavy atom. The Bertz CT molecular complexity index is 372. The maximum absolute atomic E-state index is 8.80. The van der Waals surface area contributed by atoms with Gasteiger partial charge in [0.25, 0.3) is 0 Å². The Labute approximate surface area is 102 Å². The summed E-state index contributed by atoms with van der Waals surface area (Å²) in [5.74, 6) is 0. The second-order valence-corrected chi connectivity index (χ2v) is 4.31. The highest BCUT2D eigenvalue weighted by molar-refractivity contribution is 5.13. The van der Waals surface area contributed by atoms with E-state index < -0.39 is 0 Å². The minimum atomic E-state index is -0.242. The zero-order chi connectivity index (χ0) is 11.9. The number of rotatable bonds is 4. The minimum absolute atomic E-state index is 0.0807. The van der Waals surface area contributed by atoms with Gasteiger partial charge in [-0.25, -0.2) is 0 Å². The lowest BCUT2D eigenvalue weighted by Crippen LogP contribution is -2.30. The molecule has 17 heavy (non-hydrogen) atoms. The molecular weight excluding hydrogens is 214 g/mol. The highest BCUT2D eigenvalue weighted by Gasteiger charge is 2.21. The van der Waals surface area contributed by atoms with Gasteiger partial charge in [0.2, 0.25) is 0 Å². The predicted octanol–water partition coefficient (Wildman–Crippen LogP) is 2.66. The quantitative estimate of drug-likeness (QED) is 0.800. The van der Waals surface area contributed by atoms with Crippen LogP contribution in [0.15, 0.2) is 30.3 Å². The van der Waals surface area contributed by atoms with Crippen molar-refractivity contribution in [1.82, 2.24) is 0 Å². The largest absolute Gasteiger partial charge is 0.374 e. The van der Waals surface area contributed by atoms with Gasteiger partial charge >= 0.3 is 0 Å². The van der Waals surface area contributed by atoms with Crippen molar-refractivity contribution in [3.05, 3.63) is 35.9 Å². The molecule has 2 atom stereocenters. The van der Waals surface area contributed by atoms with Crippen LogP contribution in [0.25, 0.3) is 0 Å². The van der Waals surface area contributed by atoms with Crippen LogP contribution in [0.2, 0.25) is 0 Å². The molecule has 0 bridgehead atoms. The fourth-order valence-electron chi connectivity index (χ4n) is 2.00. The second kappa shape index (κ2) is 6.39. The molecule has 1 heterocycles. The van der Waals surface area contributed by atoms with E-state index in [1.54, 1.807) is 0 Å². The van der Waals surface area contributed by atoms with Crippen LogP contribution in [0, 0.1) is 11.3 Å². The SMILES string of the molecule is N#CC1CCCC(COCc2ccccc2)O1. The first-order chi connectivity index (χ1) is 8.38. The van der Waals surface area contributed by atoms with Crippen molar-refractivity contribution in [2.24, 2.45) is 0 Å². The minimum Gasteiger partial charge on any atom is -0.374 e. The molecule has 3 heteroatoms. The fraction of sp³-hybridized carbons (Fsp3) is 0.500. The molecule has 1 aliphatic rings. The Morgan fingerprint density at radius 3 is 2.88 bits per heavy atom. The number of benzene rings is 1. The van der Waals surface area contributed by atoms with Crippen LogP contribution in [0.5, 0.6) is 0 Å². The highest BCUT2D eigenvalue weighted by Crippen LogP contribution is 2.19. The Balaban J connectivity index is 1.70. The van der Waals surface area contributed by atoms with Crippen LogP contribution in [-0.4, -0.2) is 18.8 Å². The van der Waals surface area contributed by atoms with Crippen molar-refractivity contribution in [1.29, 1.82) is 5.26 Å². The molecule has 0 saturated carbocycles. The van der Waals surface area contributed by atoms with Crippen molar-refractivity contribution in [3.8, 4) is 6.07 Å². The molecule has 1 saturated heterocycles. The molecule has 3 nitrogen and oxygen atoms in total. The van der Waals surface area contributed by atoms with E-state index in [0.29, 0.717) is 13.2 Å². The van der Waals surface area contributed by atoms with Gasteiger partial charge in [-0.3, -0.25) is 0 Å². The van der Waals surface area contributed by atoms with Crippen LogP contribution in [0.4, 0.5) is 0 Å². The zero-order valence-electron chi connectivity index (χ0n) is 9.84. The summed E-state index contributed by atoms with van der Waals surface area (Å²) in [6.07, 6.45) is 2.74. The van der Waals surface area contributed by atoms with E-state index in [1.807, 2.05) is 30.3 Å². The van der Waals surface area contributed by atoms with Gasteiger partial charge in [-0.05, 0) is 24.8 Å². The predicted molar refractivity (Wildman–Crippen MR) is 64.2 cm³/mol. The summed E-state index contributed by atoms with van der Waals surface area (Å²) in [6.45, 7) is 1.19. The van der Waals surface area contributed by atoms with Gasteiger partial charge in [-0.1, -0.05) is 30.3 Å². The van der Waals surface area contributed by atoms with Crippen molar-refractivity contribution in [2.75, 3.05) is 6.61 Å². The van der Waals surface area contributed by atoms with Crippen LogP contribution in [0.3, 0.4) is 0 Å². The number of nitriles is 1. The average molecular weight is 231 g/mol. The van der Waals surface area contributed by atoms with Crippen molar-refractivity contribution >= 4 is 0 Å². The molecule has 1 aliphatic heterocycles. The van der Waals surface area contributed by atoms with Crippen molar-refractivity contribution in [2.45, 2.75) is 38.1 Å². The maximum Gasteiger partial charge on any atom is 0.144 e. The Kier molecular flexibility index (Phi) is 4.54. The maximum atomic E-state index is 8.80. The molecular formula is C14H17NO2. The lowest BCUT2D eigenvalue weighted by molar-refractivity contribution is -0.0689. The van der Waals surface area contributed by atoms with Crippen LogP contribution < -0.4 is 0 Å². The van der Waals surface area contributed by atoms with E-state index in [2.05, 4.69) is 6.07 Å². The molecule has 0 amide bonds. The third-order valence-corrected chi connectivity index (χ3v) is 2.91. The third-order valence-electron chi connectivity index (χ3n) is 2.91. The molecule has 0 aliphatic carbocycles. The Morgan fingerprint density at radius 2 is 2.12 bits per heavy atom. The summed E-state index contributed by atoms with van der Waals surface area (Å²) in [4.78, 5) is 0. The van der Waals surface area contributed by atoms with E-state index in [0.717, 1.165) is 19.3 Å². The standard InChI is InChI=1S/C14H17NO2/c15-9-13-7-4-8-14(17-13)11-16-10-12-5-2-1-3-6-12/h1-3,5-6,13-14H,4,7-8,10-11H2. The molecule has 2 rings (SSSR count). The smallest absolute Gasteiger partial charge is 0.144 e. The lowest BCUT2D eigenvalue weighted by Gasteiger charge is -2.25. The molecule has 1 aromatic rings. The van der Waals surface area contributed by atoms with Gasteiger partial charge in [-0.15, -0.1) is 0 Å². The fourth-order valence-corrected chi connectivity index (χ4v) is 2.00. The molecule has 0 N–H and O–H groups in total. The molecule has 1 aromatic carbocycles.